The molecule has 0 aliphatic carbocycles. The van der Waals surface area contributed by atoms with E-state index in [0.29, 0.717) is 11.5 Å². The Morgan fingerprint density at radius 1 is 1.00 bits per heavy atom. The fraction of sp³-hybridized carbons (Fsp3) is 0.0556. The Bertz CT molecular complexity index is 784. The third-order valence-electron chi connectivity index (χ3n) is 3.03. The van der Waals surface area contributed by atoms with E-state index in [9.17, 15) is 9.90 Å². The van der Waals surface area contributed by atoms with Gasteiger partial charge in [-0.25, -0.2) is 4.79 Å². The predicted molar refractivity (Wildman–Crippen MR) is 89.3 cm³/mol. The second kappa shape index (κ2) is 10.1. The average molecular weight is 330 g/mol. The number of carboxylic acid groups (broad SMARTS) is 1. The van der Waals surface area contributed by atoms with Crippen molar-refractivity contribution in [1.29, 1.82) is 0 Å². The number of nitrogens with zero attached hydrogens (tertiary/aromatic N) is 2. The van der Waals surface area contributed by atoms with Crippen LogP contribution >= 0.6 is 0 Å². The molecule has 0 amide bonds. The number of benzene rings is 2. The summed E-state index contributed by atoms with van der Waals surface area (Å²) in [5.74, 6) is -1.27. The van der Waals surface area contributed by atoms with Gasteiger partial charge in [-0.3, -0.25) is 0 Å². The quantitative estimate of drug-likeness (QED) is 0.238. The van der Waals surface area contributed by atoms with Gasteiger partial charge in [0.05, 0.1) is 7.11 Å². The zero-order valence-electron chi connectivity index (χ0n) is 13.9. The van der Waals surface area contributed by atoms with Crippen molar-refractivity contribution >= 4 is 17.6 Å². The molecular formula is C18H15LiN2O4. The zero-order valence-corrected chi connectivity index (χ0v) is 13.9. The number of aliphatic carboxylic acids is 1. The topological polar surface area (TPSA) is 94.3 Å². The van der Waals surface area contributed by atoms with Gasteiger partial charge in [-0.2, -0.15) is 10.2 Å². The van der Waals surface area contributed by atoms with Crippen molar-refractivity contribution in [3.05, 3.63) is 77.9 Å². The van der Waals surface area contributed by atoms with Crippen LogP contribution in [0.15, 0.2) is 77.0 Å². The number of methoxy groups -OCH3 is 1. The molecule has 0 heterocycles. The first kappa shape index (κ1) is 20.2. The SMILES string of the molecule is COc1ccc(\C(=N/N=C([O-])\C=C/C(=O)O)c2ccccc2)cc1.[Li+]. The van der Waals surface area contributed by atoms with Crippen molar-refractivity contribution in [3.8, 4) is 5.75 Å². The Labute approximate surface area is 157 Å². The molecule has 6 nitrogen and oxygen atoms in total. The van der Waals surface area contributed by atoms with Crippen LogP contribution in [0.5, 0.6) is 5.75 Å². The minimum atomic E-state index is -1.22. The summed E-state index contributed by atoms with van der Waals surface area (Å²) in [6, 6.07) is 16.4. The largest absolute Gasteiger partial charge is 1.00 e. The standard InChI is InChI=1S/C18H16N2O4.Li/c1-24-15-9-7-14(8-10-15)18(13-5-3-2-4-6-13)20-19-16(21)11-12-17(22)23;/h2-12H,1H3,(H,19,21)(H,22,23);/q;+1/p-1/b12-11-,20-18-;. The molecule has 0 saturated carbocycles. The van der Waals surface area contributed by atoms with E-state index in [1.54, 1.807) is 31.4 Å². The van der Waals surface area contributed by atoms with Crippen LogP contribution in [-0.2, 0) is 4.79 Å². The molecule has 0 fully saturated rings. The molecule has 7 heteroatoms. The predicted octanol–water partition coefficient (Wildman–Crippen LogP) is -1.15. The van der Waals surface area contributed by atoms with Crippen LogP contribution in [-0.4, -0.2) is 29.8 Å². The maximum Gasteiger partial charge on any atom is 1.00 e. The Balaban J connectivity index is 0.00000312. The van der Waals surface area contributed by atoms with Gasteiger partial charge >= 0.3 is 24.8 Å². The molecule has 0 aliphatic heterocycles. The van der Waals surface area contributed by atoms with Crippen LogP contribution < -0.4 is 28.7 Å². The molecule has 2 rings (SSSR count). The van der Waals surface area contributed by atoms with Crippen LogP contribution in [0.3, 0.4) is 0 Å². The Hall–Kier alpha value is -2.81. The number of carboxylic acids is 1. The van der Waals surface area contributed by atoms with Gasteiger partial charge in [0.2, 0.25) is 0 Å². The van der Waals surface area contributed by atoms with Gasteiger partial charge in [-0.1, -0.05) is 30.3 Å². The summed E-state index contributed by atoms with van der Waals surface area (Å²) < 4.78 is 5.13. The molecule has 0 radical (unpaired) electrons. The van der Waals surface area contributed by atoms with Crippen molar-refractivity contribution in [3.63, 3.8) is 0 Å². The average Bonchev–Trinajstić information content (AvgIpc) is 2.61. The third kappa shape index (κ3) is 6.30. The molecular weight excluding hydrogens is 315 g/mol. The van der Waals surface area contributed by atoms with Gasteiger partial charge in [0, 0.05) is 23.1 Å². The monoisotopic (exact) mass is 330 g/mol. The van der Waals surface area contributed by atoms with E-state index in [1.165, 1.54) is 0 Å². The first-order valence-corrected chi connectivity index (χ1v) is 7.03. The van der Waals surface area contributed by atoms with Gasteiger partial charge in [0.25, 0.3) is 0 Å². The normalized spacial score (nSPS) is 11.9. The van der Waals surface area contributed by atoms with Crippen molar-refractivity contribution in [1.82, 2.24) is 0 Å². The summed E-state index contributed by atoms with van der Waals surface area (Å²) >= 11 is 0. The van der Waals surface area contributed by atoms with E-state index in [1.807, 2.05) is 30.3 Å². The summed E-state index contributed by atoms with van der Waals surface area (Å²) in [5.41, 5.74) is 2.03. The molecule has 1 N–H and O–H groups in total. The molecule has 2 aromatic rings. The van der Waals surface area contributed by atoms with Crippen molar-refractivity contribution in [2.45, 2.75) is 0 Å². The molecule has 0 saturated heterocycles. The summed E-state index contributed by atoms with van der Waals surface area (Å²) in [5, 5.41) is 27.7. The number of ether oxygens (including phenoxy) is 1. The van der Waals surface area contributed by atoms with Gasteiger partial charge in [0.1, 0.15) is 11.5 Å². The first-order chi connectivity index (χ1) is 11.6. The van der Waals surface area contributed by atoms with Crippen molar-refractivity contribution in [2.24, 2.45) is 10.2 Å². The van der Waals surface area contributed by atoms with Crippen molar-refractivity contribution in [2.75, 3.05) is 7.11 Å². The molecule has 0 aromatic heterocycles. The van der Waals surface area contributed by atoms with Gasteiger partial charge in [0.15, 0.2) is 0 Å². The Morgan fingerprint density at radius 2 is 1.60 bits per heavy atom. The van der Waals surface area contributed by atoms with Crippen molar-refractivity contribution < 1.29 is 38.6 Å². The van der Waals surface area contributed by atoms with Gasteiger partial charge in [-0.15, -0.1) is 0 Å². The molecule has 0 unspecified atom stereocenters. The second-order valence-electron chi connectivity index (χ2n) is 4.65. The minimum absolute atomic E-state index is 0. The van der Waals surface area contributed by atoms with Crippen LogP contribution in [0.1, 0.15) is 11.1 Å². The summed E-state index contributed by atoms with van der Waals surface area (Å²) in [7, 11) is 1.57. The molecule has 2 aromatic carbocycles. The minimum Gasteiger partial charge on any atom is -0.857 e. The maximum absolute atomic E-state index is 11.6. The van der Waals surface area contributed by atoms with Crippen LogP contribution in [0.2, 0.25) is 0 Å². The smallest absolute Gasteiger partial charge is 0.857 e. The van der Waals surface area contributed by atoms with Gasteiger partial charge in [-0.05, 0) is 30.3 Å². The van der Waals surface area contributed by atoms with E-state index in [0.717, 1.165) is 23.3 Å². The summed E-state index contributed by atoms with van der Waals surface area (Å²) in [4.78, 5) is 10.4. The number of hydrogen-bond donors (Lipinski definition) is 1. The molecule has 122 valence electrons. The fourth-order valence-electron chi connectivity index (χ4n) is 1.90. The molecule has 0 aliphatic rings. The first-order valence-electron chi connectivity index (χ1n) is 7.03. The molecule has 0 atom stereocenters. The Morgan fingerprint density at radius 3 is 2.16 bits per heavy atom. The molecule has 25 heavy (non-hydrogen) atoms. The van der Waals surface area contributed by atoms with E-state index in [2.05, 4.69) is 10.2 Å². The third-order valence-corrected chi connectivity index (χ3v) is 3.03. The van der Waals surface area contributed by atoms with E-state index in [4.69, 9.17) is 9.84 Å². The van der Waals surface area contributed by atoms with Crippen LogP contribution in [0, 0.1) is 0 Å². The number of carbonyl (C=O) groups is 1. The molecule has 0 spiro atoms. The zero-order chi connectivity index (χ0) is 17.4. The van der Waals surface area contributed by atoms with E-state index in [-0.39, 0.29) is 18.9 Å². The van der Waals surface area contributed by atoms with E-state index < -0.39 is 11.9 Å². The van der Waals surface area contributed by atoms with Crippen LogP contribution in [0.25, 0.3) is 0 Å². The van der Waals surface area contributed by atoms with E-state index >= 15 is 0 Å². The molecule has 0 bridgehead atoms. The summed E-state index contributed by atoms with van der Waals surface area (Å²) in [6.45, 7) is 0. The fourth-order valence-corrected chi connectivity index (χ4v) is 1.90. The summed E-state index contributed by atoms with van der Waals surface area (Å²) in [6.07, 6.45) is 1.57. The van der Waals surface area contributed by atoms with Gasteiger partial charge < -0.3 is 14.9 Å². The Kier molecular flexibility index (Phi) is 8.20. The second-order valence-corrected chi connectivity index (χ2v) is 4.65. The number of hydrogen-bond acceptors (Lipinski definition) is 5. The van der Waals surface area contributed by atoms with Crippen LogP contribution in [0.4, 0.5) is 0 Å². The maximum atomic E-state index is 11.6. The number of rotatable bonds is 6.